The summed E-state index contributed by atoms with van der Waals surface area (Å²) in [5.74, 6) is 0.0445. The fraction of sp³-hybridized carbons (Fsp3) is 0.474. The quantitative estimate of drug-likeness (QED) is 0.823. The lowest BCUT2D eigenvalue weighted by atomic mass is 10.00. The maximum atomic E-state index is 13.3. The smallest absolute Gasteiger partial charge is 0.276 e. The topological polar surface area (TPSA) is 84.4 Å². The number of carbonyl (C=O) groups is 2. The summed E-state index contributed by atoms with van der Waals surface area (Å²) < 4.78 is 9.28. The third-order valence-corrected chi connectivity index (χ3v) is 4.72. The van der Waals surface area contributed by atoms with Gasteiger partial charge in [-0.2, -0.15) is 0 Å². The predicted molar refractivity (Wildman–Crippen MR) is 103 cm³/mol. The van der Waals surface area contributed by atoms with Gasteiger partial charge in [0.1, 0.15) is 11.8 Å². The number of aromatic nitrogens is 2. The molecule has 1 fully saturated rings. The molecule has 0 radical (unpaired) electrons. The minimum absolute atomic E-state index is 0.000157. The molecule has 2 amide bonds. The van der Waals surface area contributed by atoms with Gasteiger partial charge in [0, 0.05) is 22.5 Å². The Hall–Kier alpha value is -2.48. The highest BCUT2D eigenvalue weighted by Crippen LogP contribution is 2.39. The van der Waals surface area contributed by atoms with Crippen LogP contribution in [-0.2, 0) is 4.79 Å². The molecular formula is C19H24N4O3S. The van der Waals surface area contributed by atoms with Gasteiger partial charge in [0.15, 0.2) is 5.69 Å². The first kappa shape index (κ1) is 19.3. The average molecular weight is 388 g/mol. The number of methoxy groups -OCH3 is 1. The molecule has 1 aromatic carbocycles. The van der Waals surface area contributed by atoms with Crippen molar-refractivity contribution in [1.82, 2.24) is 19.8 Å². The van der Waals surface area contributed by atoms with Crippen molar-refractivity contribution in [3.63, 3.8) is 0 Å². The minimum atomic E-state index is -0.804. The molecule has 8 heteroatoms. The van der Waals surface area contributed by atoms with Gasteiger partial charge < -0.3 is 15.0 Å². The molecule has 3 rings (SSSR count). The zero-order valence-corrected chi connectivity index (χ0v) is 16.7. The Labute approximate surface area is 162 Å². The Balaban J connectivity index is 2.06. The summed E-state index contributed by atoms with van der Waals surface area (Å²) in [4.78, 5) is 28.1. The monoisotopic (exact) mass is 388 g/mol. The summed E-state index contributed by atoms with van der Waals surface area (Å²) in [5.41, 5.74) is 0.484. The number of nitrogens with zero attached hydrogens (tertiary/aromatic N) is 3. The number of benzene rings is 1. The van der Waals surface area contributed by atoms with E-state index in [4.69, 9.17) is 4.74 Å². The van der Waals surface area contributed by atoms with Crippen LogP contribution < -0.4 is 10.1 Å². The summed E-state index contributed by atoms with van der Waals surface area (Å²) in [5, 5.41) is 8.53. The van der Waals surface area contributed by atoms with Crippen molar-refractivity contribution >= 4 is 23.3 Å². The minimum Gasteiger partial charge on any atom is -0.496 e. The number of ether oxygens (including phenoxy) is 1. The van der Waals surface area contributed by atoms with Gasteiger partial charge in [-0.25, -0.2) is 0 Å². The molecule has 2 aromatic rings. The number of nitrogens with one attached hydrogen (secondary N) is 1. The van der Waals surface area contributed by atoms with E-state index in [9.17, 15) is 9.59 Å². The van der Waals surface area contributed by atoms with Crippen LogP contribution in [0.25, 0.3) is 0 Å². The van der Waals surface area contributed by atoms with Crippen molar-refractivity contribution in [3.8, 4) is 5.75 Å². The molecule has 1 heterocycles. The van der Waals surface area contributed by atoms with Gasteiger partial charge in [0.05, 0.1) is 7.11 Å². The molecule has 0 bridgehead atoms. The van der Waals surface area contributed by atoms with Crippen molar-refractivity contribution in [3.05, 3.63) is 40.9 Å². The second kappa shape index (κ2) is 7.64. The van der Waals surface area contributed by atoms with E-state index in [1.807, 2.05) is 39.0 Å². The fourth-order valence-electron chi connectivity index (χ4n) is 2.98. The first-order chi connectivity index (χ1) is 12.8. The summed E-state index contributed by atoms with van der Waals surface area (Å²) in [7, 11) is 1.56. The van der Waals surface area contributed by atoms with E-state index < -0.39 is 11.6 Å². The van der Waals surface area contributed by atoms with Gasteiger partial charge in [-0.15, -0.1) is 5.10 Å². The summed E-state index contributed by atoms with van der Waals surface area (Å²) >= 11 is 1.12. The zero-order valence-electron chi connectivity index (χ0n) is 15.9. The SMILES string of the molecule is COc1ccccc1C(C(=O)NC(C)(C)C)N(C(=O)c1csnn1)C1CC1. The van der Waals surface area contributed by atoms with Crippen LogP contribution in [0, 0.1) is 0 Å². The largest absolute Gasteiger partial charge is 0.496 e. The highest BCUT2D eigenvalue weighted by atomic mass is 32.1. The number of hydrogen-bond donors (Lipinski definition) is 1. The second-order valence-electron chi connectivity index (χ2n) is 7.62. The summed E-state index contributed by atoms with van der Waals surface area (Å²) in [6.07, 6.45) is 1.72. The standard InChI is InChI=1S/C19H24N4O3S/c1-19(2,3)20-17(24)16(13-7-5-6-8-15(13)26-4)23(12-9-10-12)18(25)14-11-27-22-21-14/h5-8,11-12,16H,9-10H2,1-4H3,(H,20,24). The number of hydrogen-bond acceptors (Lipinski definition) is 6. The molecule has 1 N–H and O–H groups in total. The van der Waals surface area contributed by atoms with E-state index in [-0.39, 0.29) is 23.6 Å². The summed E-state index contributed by atoms with van der Waals surface area (Å²) in [6.45, 7) is 5.74. The third-order valence-electron chi connectivity index (χ3n) is 4.21. The summed E-state index contributed by atoms with van der Waals surface area (Å²) in [6, 6.07) is 6.51. The Morgan fingerprint density at radius 1 is 1.30 bits per heavy atom. The number of amides is 2. The van der Waals surface area contributed by atoms with Crippen LogP contribution in [0.3, 0.4) is 0 Å². The Morgan fingerprint density at radius 3 is 2.56 bits per heavy atom. The Kier molecular flexibility index (Phi) is 5.46. The molecule has 1 aliphatic rings. The van der Waals surface area contributed by atoms with Crippen LogP contribution in [0.5, 0.6) is 5.75 Å². The highest BCUT2D eigenvalue weighted by Gasteiger charge is 2.43. The van der Waals surface area contributed by atoms with E-state index in [1.54, 1.807) is 23.5 Å². The fourth-order valence-corrected chi connectivity index (χ4v) is 3.41. The molecule has 1 aliphatic carbocycles. The van der Waals surface area contributed by atoms with Crippen molar-refractivity contribution < 1.29 is 14.3 Å². The Morgan fingerprint density at radius 2 is 2.00 bits per heavy atom. The molecule has 0 aliphatic heterocycles. The molecule has 1 saturated carbocycles. The van der Waals surface area contributed by atoms with E-state index in [1.165, 1.54) is 0 Å². The molecule has 27 heavy (non-hydrogen) atoms. The number of rotatable bonds is 6. The van der Waals surface area contributed by atoms with Crippen LogP contribution in [-0.4, -0.2) is 45.0 Å². The van der Waals surface area contributed by atoms with E-state index in [0.717, 1.165) is 24.4 Å². The lowest BCUT2D eigenvalue weighted by molar-refractivity contribution is -0.127. The maximum absolute atomic E-state index is 13.3. The van der Waals surface area contributed by atoms with Crippen molar-refractivity contribution in [2.75, 3.05) is 7.11 Å². The van der Waals surface area contributed by atoms with Gasteiger partial charge in [0.25, 0.3) is 5.91 Å². The van der Waals surface area contributed by atoms with Crippen LogP contribution in [0.4, 0.5) is 0 Å². The molecule has 0 saturated heterocycles. The van der Waals surface area contributed by atoms with Crippen molar-refractivity contribution in [2.45, 2.75) is 51.2 Å². The highest BCUT2D eigenvalue weighted by molar-refractivity contribution is 7.03. The van der Waals surface area contributed by atoms with Gasteiger partial charge in [-0.3, -0.25) is 9.59 Å². The lowest BCUT2D eigenvalue weighted by Crippen LogP contribution is -2.50. The van der Waals surface area contributed by atoms with Crippen LogP contribution >= 0.6 is 11.5 Å². The number of para-hydroxylation sites is 1. The van der Waals surface area contributed by atoms with Gasteiger partial charge in [0.2, 0.25) is 5.91 Å². The number of carbonyl (C=O) groups excluding carboxylic acids is 2. The molecular weight excluding hydrogens is 364 g/mol. The average Bonchev–Trinajstić information content (AvgIpc) is 3.29. The lowest BCUT2D eigenvalue weighted by Gasteiger charge is -2.34. The van der Waals surface area contributed by atoms with Crippen LogP contribution in [0.2, 0.25) is 0 Å². The van der Waals surface area contributed by atoms with Crippen molar-refractivity contribution in [1.29, 1.82) is 0 Å². The second-order valence-corrected chi connectivity index (χ2v) is 8.23. The van der Waals surface area contributed by atoms with Gasteiger partial charge in [-0.1, -0.05) is 22.7 Å². The van der Waals surface area contributed by atoms with Crippen LogP contribution in [0.1, 0.15) is 55.7 Å². The zero-order chi connectivity index (χ0) is 19.6. The van der Waals surface area contributed by atoms with E-state index >= 15 is 0 Å². The van der Waals surface area contributed by atoms with E-state index in [2.05, 4.69) is 14.9 Å². The van der Waals surface area contributed by atoms with Gasteiger partial charge >= 0.3 is 0 Å². The van der Waals surface area contributed by atoms with Crippen LogP contribution in [0.15, 0.2) is 29.6 Å². The first-order valence-corrected chi connectivity index (χ1v) is 9.70. The van der Waals surface area contributed by atoms with Gasteiger partial charge in [-0.05, 0) is 51.2 Å². The normalized spacial score (nSPS) is 15.1. The third kappa shape index (κ3) is 4.44. The molecule has 144 valence electrons. The van der Waals surface area contributed by atoms with E-state index in [0.29, 0.717) is 11.3 Å². The van der Waals surface area contributed by atoms with Crippen molar-refractivity contribution in [2.24, 2.45) is 0 Å². The maximum Gasteiger partial charge on any atom is 0.276 e. The molecule has 1 aromatic heterocycles. The molecule has 1 unspecified atom stereocenters. The molecule has 7 nitrogen and oxygen atoms in total. The predicted octanol–water partition coefficient (Wildman–Crippen LogP) is 2.81. The molecule has 0 spiro atoms. The Bertz CT molecular complexity index is 813. The molecule has 1 atom stereocenters. The first-order valence-electron chi connectivity index (χ1n) is 8.86.